The third-order valence-electron chi connectivity index (χ3n) is 3.72. The standard InChI is InChI=1S/C19H17NO4/c1-12(2)24-19(23)14-7-5-6-13(10-14)11-20-16-9-4-3-8-15(16)17(21)18(20)22/h3-10,12H,11H2,1-2H3. The normalized spacial score (nSPS) is 13.4. The fourth-order valence-electron chi connectivity index (χ4n) is 2.67. The zero-order valence-corrected chi connectivity index (χ0v) is 13.5. The number of carbonyl (C=O) groups is 3. The van der Waals surface area contributed by atoms with E-state index in [2.05, 4.69) is 0 Å². The molecule has 2 aromatic rings. The molecular weight excluding hydrogens is 306 g/mol. The van der Waals surface area contributed by atoms with Crippen LogP contribution in [-0.2, 0) is 16.1 Å². The number of Topliss-reactive ketones (excluding diaryl/α,β-unsaturated/α-hetero) is 1. The van der Waals surface area contributed by atoms with Gasteiger partial charge in [0.2, 0.25) is 0 Å². The third kappa shape index (κ3) is 2.93. The van der Waals surface area contributed by atoms with Crippen LogP contribution >= 0.6 is 0 Å². The summed E-state index contributed by atoms with van der Waals surface area (Å²) in [5.74, 6) is -1.46. The van der Waals surface area contributed by atoms with E-state index in [1.165, 1.54) is 4.90 Å². The molecule has 1 aliphatic heterocycles. The molecule has 0 spiro atoms. The number of para-hydroxylation sites is 1. The van der Waals surface area contributed by atoms with Gasteiger partial charge in [0, 0.05) is 0 Å². The fraction of sp³-hybridized carbons (Fsp3) is 0.211. The fourth-order valence-corrected chi connectivity index (χ4v) is 2.67. The van der Waals surface area contributed by atoms with E-state index in [1.54, 1.807) is 56.3 Å². The molecule has 5 nitrogen and oxygen atoms in total. The Labute approximate surface area is 139 Å². The zero-order valence-electron chi connectivity index (χ0n) is 13.5. The summed E-state index contributed by atoms with van der Waals surface area (Å²) >= 11 is 0. The van der Waals surface area contributed by atoms with Crippen LogP contribution in [0.15, 0.2) is 48.5 Å². The third-order valence-corrected chi connectivity index (χ3v) is 3.72. The molecule has 0 bridgehead atoms. The number of ketones is 1. The lowest BCUT2D eigenvalue weighted by Crippen LogP contribution is -2.29. The number of rotatable bonds is 4. The number of amides is 1. The van der Waals surface area contributed by atoms with Crippen molar-refractivity contribution in [3.63, 3.8) is 0 Å². The number of nitrogens with zero attached hydrogens (tertiary/aromatic N) is 1. The molecule has 0 atom stereocenters. The predicted molar refractivity (Wildman–Crippen MR) is 89.0 cm³/mol. The monoisotopic (exact) mass is 323 g/mol. The van der Waals surface area contributed by atoms with Crippen molar-refractivity contribution < 1.29 is 19.1 Å². The number of anilines is 1. The largest absolute Gasteiger partial charge is 0.459 e. The number of hydrogen-bond acceptors (Lipinski definition) is 4. The SMILES string of the molecule is CC(C)OC(=O)c1cccc(CN2C(=O)C(=O)c3ccccc32)c1. The van der Waals surface area contributed by atoms with Crippen molar-refractivity contribution in [1.29, 1.82) is 0 Å². The molecular formula is C19H17NO4. The molecule has 0 N–H and O–H groups in total. The maximum absolute atomic E-state index is 12.2. The summed E-state index contributed by atoms with van der Waals surface area (Å²) in [5, 5.41) is 0. The van der Waals surface area contributed by atoms with Crippen molar-refractivity contribution in [2.24, 2.45) is 0 Å². The maximum atomic E-state index is 12.2. The van der Waals surface area contributed by atoms with E-state index in [0.717, 1.165) is 5.56 Å². The van der Waals surface area contributed by atoms with Gasteiger partial charge in [-0.1, -0.05) is 24.3 Å². The van der Waals surface area contributed by atoms with E-state index in [9.17, 15) is 14.4 Å². The summed E-state index contributed by atoms with van der Waals surface area (Å²) in [4.78, 5) is 37.7. The van der Waals surface area contributed by atoms with Crippen molar-refractivity contribution in [3.8, 4) is 0 Å². The van der Waals surface area contributed by atoms with Gasteiger partial charge in [-0.15, -0.1) is 0 Å². The van der Waals surface area contributed by atoms with Crippen molar-refractivity contribution >= 4 is 23.3 Å². The van der Waals surface area contributed by atoms with Crippen LogP contribution in [0.4, 0.5) is 5.69 Å². The van der Waals surface area contributed by atoms with Gasteiger partial charge in [0.05, 0.1) is 29.5 Å². The van der Waals surface area contributed by atoms with Gasteiger partial charge in [-0.2, -0.15) is 0 Å². The molecule has 122 valence electrons. The molecule has 24 heavy (non-hydrogen) atoms. The minimum atomic E-state index is -0.550. The average Bonchev–Trinajstić information content (AvgIpc) is 2.80. The average molecular weight is 323 g/mol. The highest BCUT2D eigenvalue weighted by Crippen LogP contribution is 2.30. The van der Waals surface area contributed by atoms with Gasteiger partial charge in [0.1, 0.15) is 0 Å². The molecule has 3 rings (SSSR count). The Hall–Kier alpha value is -2.95. The molecule has 2 aromatic carbocycles. The molecule has 0 saturated heterocycles. The molecule has 0 fully saturated rings. The summed E-state index contributed by atoms with van der Waals surface area (Å²) in [6.07, 6.45) is -0.203. The minimum absolute atomic E-state index is 0.203. The molecule has 5 heteroatoms. The van der Waals surface area contributed by atoms with Crippen molar-refractivity contribution in [3.05, 3.63) is 65.2 Å². The highest BCUT2D eigenvalue weighted by Gasteiger charge is 2.35. The molecule has 1 aliphatic rings. The first-order valence-corrected chi connectivity index (χ1v) is 7.72. The van der Waals surface area contributed by atoms with Crippen LogP contribution in [0.2, 0.25) is 0 Å². The van der Waals surface area contributed by atoms with E-state index in [1.807, 2.05) is 6.07 Å². The maximum Gasteiger partial charge on any atom is 0.338 e. The Kier molecular flexibility index (Phi) is 4.16. The van der Waals surface area contributed by atoms with Gasteiger partial charge in [0.15, 0.2) is 0 Å². The molecule has 0 aromatic heterocycles. The lowest BCUT2D eigenvalue weighted by atomic mass is 10.1. The van der Waals surface area contributed by atoms with E-state index in [-0.39, 0.29) is 12.6 Å². The Bertz CT molecular complexity index is 826. The Morgan fingerprint density at radius 1 is 1.08 bits per heavy atom. The van der Waals surface area contributed by atoms with Gasteiger partial charge in [-0.25, -0.2) is 4.79 Å². The van der Waals surface area contributed by atoms with Crippen molar-refractivity contribution in [2.45, 2.75) is 26.5 Å². The van der Waals surface area contributed by atoms with Gasteiger partial charge in [-0.3, -0.25) is 9.59 Å². The van der Waals surface area contributed by atoms with E-state index in [4.69, 9.17) is 4.74 Å². The number of hydrogen-bond donors (Lipinski definition) is 0. The van der Waals surface area contributed by atoms with Gasteiger partial charge in [0.25, 0.3) is 11.7 Å². The second-order valence-electron chi connectivity index (χ2n) is 5.89. The lowest BCUT2D eigenvalue weighted by Gasteiger charge is -2.17. The Morgan fingerprint density at radius 3 is 2.58 bits per heavy atom. The Balaban J connectivity index is 1.86. The summed E-state index contributed by atoms with van der Waals surface area (Å²) < 4.78 is 5.18. The van der Waals surface area contributed by atoms with E-state index >= 15 is 0 Å². The molecule has 0 aliphatic carbocycles. The van der Waals surface area contributed by atoms with Crippen molar-refractivity contribution in [1.82, 2.24) is 0 Å². The van der Waals surface area contributed by atoms with Crippen LogP contribution < -0.4 is 4.90 Å². The molecule has 1 amide bonds. The van der Waals surface area contributed by atoms with Gasteiger partial charge >= 0.3 is 5.97 Å². The lowest BCUT2D eigenvalue weighted by molar-refractivity contribution is -0.114. The second kappa shape index (κ2) is 6.28. The highest BCUT2D eigenvalue weighted by atomic mass is 16.5. The second-order valence-corrected chi connectivity index (χ2v) is 5.89. The van der Waals surface area contributed by atoms with Crippen LogP contribution in [0.1, 0.15) is 40.1 Å². The minimum Gasteiger partial charge on any atom is -0.459 e. The van der Waals surface area contributed by atoms with Crippen LogP contribution in [0, 0.1) is 0 Å². The number of fused-ring (bicyclic) bond motifs is 1. The summed E-state index contributed by atoms with van der Waals surface area (Å²) in [6, 6.07) is 13.8. The summed E-state index contributed by atoms with van der Waals surface area (Å²) in [7, 11) is 0. The highest BCUT2D eigenvalue weighted by molar-refractivity contribution is 6.52. The first kappa shape index (κ1) is 15.9. The van der Waals surface area contributed by atoms with Crippen molar-refractivity contribution in [2.75, 3.05) is 4.90 Å². The first-order valence-electron chi connectivity index (χ1n) is 7.72. The smallest absolute Gasteiger partial charge is 0.338 e. The van der Waals surface area contributed by atoms with Crippen LogP contribution in [0.25, 0.3) is 0 Å². The Morgan fingerprint density at radius 2 is 1.83 bits per heavy atom. The number of esters is 1. The van der Waals surface area contributed by atoms with Crippen LogP contribution in [0.3, 0.4) is 0 Å². The molecule has 1 heterocycles. The van der Waals surface area contributed by atoms with E-state index < -0.39 is 17.7 Å². The number of ether oxygens (including phenoxy) is 1. The van der Waals surface area contributed by atoms with Crippen LogP contribution in [0.5, 0.6) is 0 Å². The quantitative estimate of drug-likeness (QED) is 0.641. The first-order chi connectivity index (χ1) is 11.5. The number of benzene rings is 2. The van der Waals surface area contributed by atoms with Crippen LogP contribution in [-0.4, -0.2) is 23.8 Å². The predicted octanol–water partition coefficient (Wildman–Crippen LogP) is 2.98. The molecule has 0 saturated carbocycles. The molecule has 0 radical (unpaired) electrons. The van der Waals surface area contributed by atoms with Gasteiger partial charge < -0.3 is 9.64 Å². The summed E-state index contributed by atoms with van der Waals surface area (Å²) in [6.45, 7) is 3.80. The zero-order chi connectivity index (χ0) is 17.3. The molecule has 0 unspecified atom stereocenters. The van der Waals surface area contributed by atoms with E-state index in [0.29, 0.717) is 16.8 Å². The summed E-state index contributed by atoms with van der Waals surface area (Å²) in [5.41, 5.74) is 2.19. The van der Waals surface area contributed by atoms with Gasteiger partial charge in [-0.05, 0) is 43.7 Å². The number of carbonyl (C=O) groups excluding carboxylic acids is 3. The topological polar surface area (TPSA) is 63.7 Å².